The van der Waals surface area contributed by atoms with E-state index in [1.807, 2.05) is 0 Å². The maximum atomic E-state index is 6.88. The van der Waals surface area contributed by atoms with Crippen LogP contribution in [0.2, 0.25) is 0 Å². The van der Waals surface area contributed by atoms with Crippen molar-refractivity contribution in [2.24, 2.45) is 0 Å². The maximum absolute atomic E-state index is 6.88. The number of aliphatic hydroxyl groups is 1. The Hall–Kier alpha value is 1.97. The molecule has 0 amide bonds. The predicted octanol–water partition coefficient (Wildman–Crippen LogP) is -3.05. The van der Waals surface area contributed by atoms with Gasteiger partial charge in [0, 0.05) is 34.1 Å². The van der Waals surface area contributed by atoms with Crippen LogP contribution >= 0.6 is 0 Å². The van der Waals surface area contributed by atoms with E-state index in [0.717, 1.165) is 6.26 Å². The molecular formula is CH2FeKMnNO. The van der Waals surface area contributed by atoms with Gasteiger partial charge in [-0.1, -0.05) is 0 Å². The number of hydrogen-bond acceptors (Lipinski definition) is 2. The topological polar surface area (TPSA) is 44.0 Å². The second kappa shape index (κ2) is 28.2. The molecule has 0 saturated heterocycles. The van der Waals surface area contributed by atoms with Crippen LogP contribution in [0.1, 0.15) is 1.43 Å². The Morgan fingerprint density at radius 2 is 1.67 bits per heavy atom. The summed E-state index contributed by atoms with van der Waals surface area (Å²) < 4.78 is 0. The molecule has 0 atom stereocenters. The first-order chi connectivity index (χ1) is 1.41. The summed E-state index contributed by atoms with van der Waals surface area (Å²) in [5.74, 6) is 0. The Morgan fingerprint density at radius 3 is 1.67 bits per heavy atom. The summed E-state index contributed by atoms with van der Waals surface area (Å²) in [7, 11) is 0. The minimum atomic E-state index is 0. The number of nitrogens with zero attached hydrogens (tertiary/aromatic N) is 1. The molecule has 33 valence electrons. The number of aliphatic hydroxyl groups excluding tert-OH is 1. The molecule has 0 aromatic rings. The molecule has 0 aliphatic carbocycles. The summed E-state index contributed by atoms with van der Waals surface area (Å²) in [5, 5.41) is 13.8. The van der Waals surface area contributed by atoms with Gasteiger partial charge >= 0.3 is 51.4 Å². The first-order valence-corrected chi connectivity index (χ1v) is 0.447. The van der Waals surface area contributed by atoms with Crippen LogP contribution in [0.25, 0.3) is 0 Å². The molecule has 0 aromatic heterocycles. The van der Waals surface area contributed by atoms with Crippen LogP contribution in [0.4, 0.5) is 0 Å². The quantitative estimate of drug-likeness (QED) is 0.329. The van der Waals surface area contributed by atoms with Crippen molar-refractivity contribution in [2.45, 2.75) is 0 Å². The molecule has 6 heavy (non-hydrogen) atoms. The van der Waals surface area contributed by atoms with Crippen LogP contribution in [0.15, 0.2) is 0 Å². The standard InChI is InChI=1S/CHNO.Fe.K.Mn.H/c2-1-3;;;;/h3H;;;;/q;;+1;;-1. The third-order valence-electron chi connectivity index (χ3n) is 0. The minimum absolute atomic E-state index is 0. The van der Waals surface area contributed by atoms with E-state index in [1.54, 1.807) is 0 Å². The molecule has 1 N–H and O–H groups in total. The molecule has 0 fully saturated rings. The molecule has 0 spiro atoms. The van der Waals surface area contributed by atoms with E-state index in [9.17, 15) is 0 Å². The average molecular weight is 194 g/mol. The fraction of sp³-hybridized carbons (Fsp3) is 0. The smallest absolute Gasteiger partial charge is 1.00 e. The van der Waals surface area contributed by atoms with Crippen molar-refractivity contribution >= 4 is 0 Å². The van der Waals surface area contributed by atoms with Gasteiger partial charge in [-0.15, -0.1) is 0 Å². The minimum Gasteiger partial charge on any atom is -1.00 e. The molecule has 1 radical (unpaired) electrons. The van der Waals surface area contributed by atoms with Crippen molar-refractivity contribution in [2.75, 3.05) is 0 Å². The number of hydrogen-bond donors (Lipinski definition) is 1. The molecule has 0 aromatic carbocycles. The molecule has 0 heterocycles. The van der Waals surface area contributed by atoms with Gasteiger partial charge in [0.2, 0.25) is 0 Å². The Labute approximate surface area is 102 Å². The van der Waals surface area contributed by atoms with E-state index < -0.39 is 0 Å². The summed E-state index contributed by atoms with van der Waals surface area (Å²) in [6.07, 6.45) is 0.750. The van der Waals surface area contributed by atoms with Crippen LogP contribution in [-0.4, -0.2) is 5.11 Å². The van der Waals surface area contributed by atoms with E-state index in [2.05, 4.69) is 0 Å². The van der Waals surface area contributed by atoms with Gasteiger partial charge in [0.15, 0.2) is 0 Å². The van der Waals surface area contributed by atoms with E-state index in [-0.39, 0.29) is 86.9 Å². The third kappa shape index (κ3) is 38.1. The van der Waals surface area contributed by atoms with Crippen LogP contribution in [-0.2, 0) is 34.1 Å². The first kappa shape index (κ1) is 24.6. The van der Waals surface area contributed by atoms with Crippen LogP contribution in [0.3, 0.4) is 0 Å². The average Bonchev–Trinajstić information content (AvgIpc) is 0.918. The molecule has 2 nitrogen and oxygen atoms in total. The van der Waals surface area contributed by atoms with E-state index in [1.165, 1.54) is 0 Å². The molecule has 0 saturated carbocycles. The second-order valence-electron chi connectivity index (χ2n) is 0.100. The summed E-state index contributed by atoms with van der Waals surface area (Å²) in [5.41, 5.74) is 0. The largest absolute Gasteiger partial charge is 1.00 e. The fourth-order valence-electron chi connectivity index (χ4n) is 0. The van der Waals surface area contributed by atoms with Gasteiger partial charge in [-0.25, -0.2) is 0 Å². The number of rotatable bonds is 0. The zero-order chi connectivity index (χ0) is 2.71. The van der Waals surface area contributed by atoms with Crippen LogP contribution in [0, 0.1) is 11.5 Å². The first-order valence-electron chi connectivity index (χ1n) is 0.447. The Morgan fingerprint density at radius 1 is 1.67 bits per heavy atom. The maximum Gasteiger partial charge on any atom is 1.00 e. The van der Waals surface area contributed by atoms with Gasteiger partial charge in [-0.05, 0) is 0 Å². The van der Waals surface area contributed by atoms with Gasteiger partial charge in [0.1, 0.15) is 0 Å². The van der Waals surface area contributed by atoms with E-state index in [4.69, 9.17) is 10.4 Å². The molecule has 5 heteroatoms. The summed E-state index contributed by atoms with van der Waals surface area (Å²) in [4.78, 5) is 0. The molecule has 0 unspecified atom stereocenters. The van der Waals surface area contributed by atoms with Crippen molar-refractivity contribution in [3.05, 3.63) is 0 Å². The summed E-state index contributed by atoms with van der Waals surface area (Å²) in [6, 6.07) is 0. The molecule has 0 aliphatic heterocycles. The molecule has 0 rings (SSSR count). The van der Waals surface area contributed by atoms with Gasteiger partial charge in [-0.2, -0.15) is 5.26 Å². The van der Waals surface area contributed by atoms with Gasteiger partial charge in [-0.3, -0.25) is 0 Å². The van der Waals surface area contributed by atoms with Crippen molar-refractivity contribution in [3.63, 3.8) is 0 Å². The molecular weight excluding hydrogens is 192 g/mol. The van der Waals surface area contributed by atoms with Crippen LogP contribution in [0.5, 0.6) is 0 Å². The third-order valence-corrected chi connectivity index (χ3v) is 0. The fourth-order valence-corrected chi connectivity index (χ4v) is 0. The van der Waals surface area contributed by atoms with Gasteiger partial charge < -0.3 is 6.53 Å². The zero-order valence-electron chi connectivity index (χ0n) is 4.13. The van der Waals surface area contributed by atoms with Gasteiger partial charge in [0.25, 0.3) is 6.26 Å². The second-order valence-corrected chi connectivity index (χ2v) is 0.100. The van der Waals surface area contributed by atoms with E-state index in [0.29, 0.717) is 0 Å². The number of nitriles is 1. The normalized spacial score (nSPS) is 1.17. The molecule has 0 aliphatic rings. The monoisotopic (exact) mass is 194 g/mol. The van der Waals surface area contributed by atoms with Gasteiger partial charge in [0.05, 0.1) is 0 Å². The Balaban J connectivity index is -0.00000000333. The van der Waals surface area contributed by atoms with E-state index >= 15 is 0 Å². The van der Waals surface area contributed by atoms with Crippen LogP contribution < -0.4 is 51.4 Å². The molecule has 0 bridgehead atoms. The summed E-state index contributed by atoms with van der Waals surface area (Å²) in [6.45, 7) is 0. The van der Waals surface area contributed by atoms with Crippen molar-refractivity contribution in [3.8, 4) is 6.26 Å². The SMILES string of the molecule is N#CO.[Fe].[H-].[K+].[Mn]. The zero-order valence-corrected chi connectivity index (χ0v) is 8.53. The Bertz CT molecular complexity index is 41.2. The van der Waals surface area contributed by atoms with Crippen molar-refractivity contribution in [1.29, 1.82) is 5.26 Å². The summed E-state index contributed by atoms with van der Waals surface area (Å²) >= 11 is 0. The Kier molecular flexibility index (Phi) is 115. The van der Waals surface area contributed by atoms with Crippen molar-refractivity contribution in [1.82, 2.24) is 0 Å². The predicted molar refractivity (Wildman–Crippen MR) is 8.66 cm³/mol. The van der Waals surface area contributed by atoms with Crippen molar-refractivity contribution < 1.29 is 92.1 Å².